The van der Waals surface area contributed by atoms with Gasteiger partial charge in [0.2, 0.25) is 0 Å². The van der Waals surface area contributed by atoms with Gasteiger partial charge >= 0.3 is 12.1 Å². The molecule has 0 bridgehead atoms. The molecule has 0 aromatic heterocycles. The van der Waals surface area contributed by atoms with Crippen molar-refractivity contribution < 1.29 is 27.5 Å². The van der Waals surface area contributed by atoms with Crippen molar-refractivity contribution in [2.45, 2.75) is 57.8 Å². The number of halogens is 4. The molecule has 1 rings (SSSR count). The molecule has 1 aliphatic carbocycles. The molecule has 1 aliphatic rings. The first-order valence-electron chi connectivity index (χ1n) is 6.65. The van der Waals surface area contributed by atoms with Crippen LogP contribution in [-0.2, 0) is 4.79 Å². The molecular weight excluding hydrogens is 264 g/mol. The third-order valence-electron chi connectivity index (χ3n) is 4.05. The Morgan fingerprint density at radius 3 is 2.21 bits per heavy atom. The second-order valence-electron chi connectivity index (χ2n) is 5.54. The first-order chi connectivity index (χ1) is 8.71. The lowest BCUT2D eigenvalue weighted by Crippen LogP contribution is -2.34. The fraction of sp³-hybridized carbons (Fsp3) is 0.923. The van der Waals surface area contributed by atoms with E-state index in [1.54, 1.807) is 6.92 Å². The summed E-state index contributed by atoms with van der Waals surface area (Å²) in [4.78, 5) is 10.6. The number of rotatable bonds is 5. The molecule has 2 unspecified atom stereocenters. The Morgan fingerprint density at radius 1 is 1.26 bits per heavy atom. The predicted molar refractivity (Wildman–Crippen MR) is 62.4 cm³/mol. The number of carboxylic acid groups (broad SMARTS) is 1. The molecule has 0 aliphatic heterocycles. The topological polar surface area (TPSA) is 37.3 Å². The fourth-order valence-corrected chi connectivity index (χ4v) is 2.65. The van der Waals surface area contributed by atoms with Crippen LogP contribution in [0.15, 0.2) is 0 Å². The second-order valence-corrected chi connectivity index (χ2v) is 5.54. The number of aliphatic carboxylic acids is 1. The molecule has 6 heteroatoms. The van der Waals surface area contributed by atoms with Gasteiger partial charge in [-0.25, -0.2) is 4.39 Å². The van der Waals surface area contributed by atoms with Crippen LogP contribution < -0.4 is 0 Å². The van der Waals surface area contributed by atoms with Crippen molar-refractivity contribution >= 4 is 5.97 Å². The van der Waals surface area contributed by atoms with Crippen molar-refractivity contribution in [3.63, 3.8) is 0 Å². The van der Waals surface area contributed by atoms with E-state index >= 15 is 0 Å². The summed E-state index contributed by atoms with van der Waals surface area (Å²) in [5.41, 5.74) is 0. The highest BCUT2D eigenvalue weighted by atomic mass is 19.4. The average molecular weight is 284 g/mol. The Labute approximate surface area is 110 Å². The number of alkyl halides is 4. The summed E-state index contributed by atoms with van der Waals surface area (Å²) in [6.07, 6.45) is -4.63. The Hall–Kier alpha value is -0.810. The maximum Gasteiger partial charge on any atom is 0.419 e. The van der Waals surface area contributed by atoms with E-state index in [2.05, 4.69) is 0 Å². The van der Waals surface area contributed by atoms with E-state index in [4.69, 9.17) is 5.11 Å². The number of hydrogen-bond acceptors (Lipinski definition) is 1. The Balaban J connectivity index is 2.31. The second kappa shape index (κ2) is 6.57. The van der Waals surface area contributed by atoms with Crippen molar-refractivity contribution in [1.29, 1.82) is 0 Å². The normalized spacial score (nSPS) is 27.8. The Morgan fingerprint density at radius 2 is 1.79 bits per heavy atom. The van der Waals surface area contributed by atoms with Gasteiger partial charge in [0.25, 0.3) is 0 Å². The maximum atomic E-state index is 13.1. The van der Waals surface area contributed by atoms with Crippen LogP contribution in [0, 0.1) is 17.8 Å². The molecule has 1 N–H and O–H groups in total. The predicted octanol–water partition coefficient (Wildman–Crippen LogP) is 4.19. The fourth-order valence-electron chi connectivity index (χ4n) is 2.65. The zero-order valence-electron chi connectivity index (χ0n) is 10.9. The minimum atomic E-state index is -4.75. The minimum absolute atomic E-state index is 0.235. The van der Waals surface area contributed by atoms with Crippen LogP contribution in [0.1, 0.15) is 45.4 Å². The van der Waals surface area contributed by atoms with Crippen molar-refractivity contribution in [2.24, 2.45) is 17.8 Å². The summed E-state index contributed by atoms with van der Waals surface area (Å²) >= 11 is 0. The van der Waals surface area contributed by atoms with Crippen LogP contribution in [0.25, 0.3) is 0 Å². The van der Waals surface area contributed by atoms with E-state index in [9.17, 15) is 22.4 Å². The molecule has 2 nitrogen and oxygen atoms in total. The minimum Gasteiger partial charge on any atom is -0.481 e. The maximum absolute atomic E-state index is 13.1. The summed E-state index contributed by atoms with van der Waals surface area (Å²) in [5.74, 6) is -1.97. The molecule has 0 spiro atoms. The van der Waals surface area contributed by atoms with E-state index in [0.29, 0.717) is 25.7 Å². The number of carboxylic acids is 1. The third-order valence-corrected chi connectivity index (χ3v) is 4.05. The van der Waals surface area contributed by atoms with Crippen LogP contribution in [-0.4, -0.2) is 23.4 Å². The van der Waals surface area contributed by atoms with Crippen LogP contribution in [0.5, 0.6) is 0 Å². The van der Waals surface area contributed by atoms with Crippen LogP contribution in [0.3, 0.4) is 0 Å². The summed E-state index contributed by atoms with van der Waals surface area (Å²) < 4.78 is 49.8. The summed E-state index contributed by atoms with van der Waals surface area (Å²) in [7, 11) is 0. The molecule has 112 valence electrons. The van der Waals surface area contributed by atoms with Crippen molar-refractivity contribution in [1.82, 2.24) is 0 Å². The van der Waals surface area contributed by atoms with E-state index < -0.39 is 30.2 Å². The molecule has 19 heavy (non-hydrogen) atoms. The van der Waals surface area contributed by atoms with Crippen LogP contribution in [0.4, 0.5) is 17.6 Å². The average Bonchev–Trinajstić information content (AvgIpc) is 2.34. The SMILES string of the molecule is CC(CCC1CCC(C(F)C(F)(F)F)CC1)C(=O)O. The van der Waals surface area contributed by atoms with Gasteiger partial charge in [-0.1, -0.05) is 19.8 Å². The lowest BCUT2D eigenvalue weighted by Gasteiger charge is -2.31. The van der Waals surface area contributed by atoms with Crippen molar-refractivity contribution in [2.75, 3.05) is 0 Å². The monoisotopic (exact) mass is 284 g/mol. The molecule has 1 saturated carbocycles. The largest absolute Gasteiger partial charge is 0.481 e. The van der Waals surface area contributed by atoms with Crippen LogP contribution in [0.2, 0.25) is 0 Å². The van der Waals surface area contributed by atoms with Gasteiger partial charge in [-0.3, -0.25) is 4.79 Å². The lowest BCUT2D eigenvalue weighted by atomic mass is 9.77. The van der Waals surface area contributed by atoms with E-state index in [1.807, 2.05) is 0 Å². The van der Waals surface area contributed by atoms with Gasteiger partial charge in [-0.05, 0) is 37.5 Å². The zero-order chi connectivity index (χ0) is 14.6. The number of hydrogen-bond donors (Lipinski definition) is 1. The Bertz CT molecular complexity index is 296. The summed E-state index contributed by atoms with van der Waals surface area (Å²) in [6.45, 7) is 1.62. The van der Waals surface area contributed by atoms with Gasteiger partial charge in [0.15, 0.2) is 6.17 Å². The molecule has 0 radical (unpaired) electrons. The van der Waals surface area contributed by atoms with E-state index in [1.165, 1.54) is 0 Å². The van der Waals surface area contributed by atoms with Gasteiger partial charge in [0.05, 0.1) is 5.92 Å². The molecule has 0 amide bonds. The standard InChI is InChI=1S/C13H20F4O2/c1-8(12(18)19)2-3-9-4-6-10(7-5-9)11(14)13(15,16)17/h8-11H,2-7H2,1H3,(H,18,19). The quantitative estimate of drug-likeness (QED) is 0.768. The van der Waals surface area contributed by atoms with Gasteiger partial charge < -0.3 is 5.11 Å². The first-order valence-corrected chi connectivity index (χ1v) is 6.65. The summed E-state index contributed by atoms with van der Waals surface area (Å²) in [6, 6.07) is 0. The highest BCUT2D eigenvalue weighted by Crippen LogP contribution is 2.39. The summed E-state index contributed by atoms with van der Waals surface area (Å²) in [5, 5.41) is 8.74. The molecule has 1 fully saturated rings. The molecule has 0 aromatic rings. The molecule has 2 atom stereocenters. The molecule has 0 aromatic carbocycles. The van der Waals surface area contributed by atoms with Crippen molar-refractivity contribution in [3.8, 4) is 0 Å². The highest BCUT2D eigenvalue weighted by molar-refractivity contribution is 5.69. The van der Waals surface area contributed by atoms with Gasteiger partial charge in [-0.15, -0.1) is 0 Å². The molecule has 0 heterocycles. The van der Waals surface area contributed by atoms with Gasteiger partial charge in [0.1, 0.15) is 0 Å². The third kappa shape index (κ3) is 4.99. The number of carbonyl (C=O) groups is 1. The van der Waals surface area contributed by atoms with Crippen molar-refractivity contribution in [3.05, 3.63) is 0 Å². The molecule has 0 saturated heterocycles. The highest BCUT2D eigenvalue weighted by Gasteiger charge is 2.45. The van der Waals surface area contributed by atoms with Crippen LogP contribution >= 0.6 is 0 Å². The first kappa shape index (κ1) is 16.2. The Kier molecular flexibility index (Phi) is 5.62. The van der Waals surface area contributed by atoms with Gasteiger partial charge in [0, 0.05) is 0 Å². The molecular formula is C13H20F4O2. The lowest BCUT2D eigenvalue weighted by molar-refractivity contribution is -0.198. The van der Waals surface area contributed by atoms with E-state index in [0.717, 1.165) is 0 Å². The smallest absolute Gasteiger partial charge is 0.419 e. The van der Waals surface area contributed by atoms with E-state index in [-0.39, 0.29) is 18.8 Å². The zero-order valence-corrected chi connectivity index (χ0v) is 10.9. The van der Waals surface area contributed by atoms with Gasteiger partial charge in [-0.2, -0.15) is 13.2 Å².